The normalized spacial score (nSPS) is 16.0. The molecule has 0 atom stereocenters. The third-order valence-corrected chi connectivity index (χ3v) is 3.86. The number of pyridine rings is 1. The minimum absolute atomic E-state index is 0.0688. The van der Waals surface area contributed by atoms with E-state index >= 15 is 0 Å². The molecule has 1 amide bonds. The topological polar surface area (TPSA) is 54.3 Å². The fourth-order valence-corrected chi connectivity index (χ4v) is 2.66. The number of nitrogens with zero attached hydrogens (tertiary/aromatic N) is 5. The van der Waals surface area contributed by atoms with Crippen molar-refractivity contribution in [3.8, 4) is 0 Å². The van der Waals surface area contributed by atoms with Crippen LogP contribution in [0.25, 0.3) is 0 Å². The van der Waals surface area contributed by atoms with Crippen LogP contribution in [0.2, 0.25) is 0 Å². The first-order valence-corrected chi connectivity index (χ1v) is 7.37. The van der Waals surface area contributed by atoms with Crippen molar-refractivity contribution in [2.75, 3.05) is 26.2 Å². The Morgan fingerprint density at radius 3 is 2.61 bits per heavy atom. The molecule has 0 spiro atoms. The Hall–Kier alpha value is -2.35. The summed E-state index contributed by atoms with van der Waals surface area (Å²) in [6.45, 7) is 0.370. The number of rotatable bonds is 4. The zero-order valence-electron chi connectivity index (χ0n) is 12.5. The van der Waals surface area contributed by atoms with Crippen molar-refractivity contribution >= 4 is 5.91 Å². The molecule has 2 aromatic rings. The van der Waals surface area contributed by atoms with Gasteiger partial charge in [0.15, 0.2) is 0 Å². The summed E-state index contributed by atoms with van der Waals surface area (Å²) in [6, 6.07) is 5.23. The van der Waals surface area contributed by atoms with Gasteiger partial charge < -0.3 is 4.90 Å². The Balaban J connectivity index is 1.58. The number of halogens is 2. The van der Waals surface area contributed by atoms with Gasteiger partial charge in [-0.3, -0.25) is 14.7 Å². The maximum Gasteiger partial charge on any atom is 0.333 e. The van der Waals surface area contributed by atoms with Gasteiger partial charge in [0.05, 0.1) is 0 Å². The molecule has 1 aliphatic rings. The van der Waals surface area contributed by atoms with Gasteiger partial charge in [0, 0.05) is 51.3 Å². The maximum absolute atomic E-state index is 12.8. The Kier molecular flexibility index (Phi) is 4.61. The second-order valence-corrected chi connectivity index (χ2v) is 5.37. The smallest absolute Gasteiger partial charge is 0.333 e. The number of alkyl halides is 2. The summed E-state index contributed by atoms with van der Waals surface area (Å²) in [5.74, 6) is -0.399. The zero-order chi connectivity index (χ0) is 16.2. The number of hydrogen-bond acceptors (Lipinski definition) is 4. The highest BCUT2D eigenvalue weighted by molar-refractivity contribution is 5.92. The van der Waals surface area contributed by atoms with Crippen LogP contribution in [0, 0.1) is 0 Å². The molecule has 1 fully saturated rings. The predicted molar refractivity (Wildman–Crippen MR) is 78.9 cm³/mol. The van der Waals surface area contributed by atoms with Crippen molar-refractivity contribution in [2.24, 2.45) is 0 Å². The summed E-state index contributed by atoms with van der Waals surface area (Å²) in [6.07, 6.45) is 4.77. The Morgan fingerprint density at radius 2 is 1.96 bits per heavy atom. The van der Waals surface area contributed by atoms with Gasteiger partial charge in [-0.2, -0.15) is 18.6 Å². The van der Waals surface area contributed by atoms with Crippen molar-refractivity contribution in [3.63, 3.8) is 0 Å². The molecule has 122 valence electrons. The van der Waals surface area contributed by atoms with Gasteiger partial charge in [-0.05, 0) is 17.7 Å². The van der Waals surface area contributed by atoms with E-state index in [0.29, 0.717) is 30.9 Å². The number of hydrogen-bond donors (Lipinski definition) is 0. The van der Waals surface area contributed by atoms with E-state index in [-0.39, 0.29) is 5.69 Å². The van der Waals surface area contributed by atoms with Gasteiger partial charge in [-0.1, -0.05) is 6.07 Å². The Bertz CT molecular complexity index is 653. The van der Waals surface area contributed by atoms with Crippen molar-refractivity contribution < 1.29 is 13.6 Å². The van der Waals surface area contributed by atoms with E-state index < -0.39 is 12.5 Å². The summed E-state index contributed by atoms with van der Waals surface area (Å²) in [4.78, 5) is 20.2. The maximum atomic E-state index is 12.8. The average Bonchev–Trinajstić information content (AvgIpc) is 3.06. The molecular formula is C15H17F2N5O. The minimum Gasteiger partial charge on any atom is -0.335 e. The number of carbonyl (C=O) groups excluding carboxylic acids is 1. The minimum atomic E-state index is -2.81. The third kappa shape index (κ3) is 3.53. The monoisotopic (exact) mass is 321 g/mol. The van der Waals surface area contributed by atoms with Crippen LogP contribution in [0.5, 0.6) is 0 Å². The summed E-state index contributed by atoms with van der Waals surface area (Å²) in [7, 11) is 0. The summed E-state index contributed by atoms with van der Waals surface area (Å²) in [5, 5.41) is 3.50. The van der Waals surface area contributed by atoms with E-state index in [9.17, 15) is 13.6 Å². The Labute approximate surface area is 132 Å². The molecule has 6 nitrogen and oxygen atoms in total. The van der Waals surface area contributed by atoms with Crippen molar-refractivity contribution in [2.45, 2.75) is 13.1 Å². The molecule has 0 radical (unpaired) electrons. The van der Waals surface area contributed by atoms with Crippen LogP contribution in [-0.4, -0.2) is 56.7 Å². The highest BCUT2D eigenvalue weighted by Gasteiger charge is 2.26. The molecule has 23 heavy (non-hydrogen) atoms. The van der Waals surface area contributed by atoms with Gasteiger partial charge in [0.25, 0.3) is 5.91 Å². The van der Waals surface area contributed by atoms with Crippen LogP contribution in [0.4, 0.5) is 8.78 Å². The summed E-state index contributed by atoms with van der Waals surface area (Å²) >= 11 is 0. The SMILES string of the molecule is O=C(c1ccnn1C(F)F)N1CCN(Cc2cccnc2)CC1. The van der Waals surface area contributed by atoms with E-state index in [0.717, 1.165) is 12.1 Å². The fourth-order valence-electron chi connectivity index (χ4n) is 2.66. The molecule has 0 aliphatic carbocycles. The lowest BCUT2D eigenvalue weighted by Gasteiger charge is -2.34. The van der Waals surface area contributed by atoms with Gasteiger partial charge >= 0.3 is 6.55 Å². The van der Waals surface area contributed by atoms with Crippen LogP contribution in [0.3, 0.4) is 0 Å². The lowest BCUT2D eigenvalue weighted by Crippen LogP contribution is -2.48. The van der Waals surface area contributed by atoms with E-state index in [4.69, 9.17) is 0 Å². The lowest BCUT2D eigenvalue weighted by atomic mass is 10.2. The van der Waals surface area contributed by atoms with Crippen molar-refractivity contribution in [3.05, 3.63) is 48.0 Å². The van der Waals surface area contributed by atoms with Gasteiger partial charge in [0.2, 0.25) is 0 Å². The standard InChI is InChI=1S/C15H17F2N5O/c16-15(17)22-13(3-5-19-22)14(23)21-8-6-20(7-9-21)11-12-2-1-4-18-10-12/h1-5,10,15H,6-9,11H2. The average molecular weight is 321 g/mol. The predicted octanol–water partition coefficient (Wildman–Crippen LogP) is 1.63. The lowest BCUT2D eigenvalue weighted by molar-refractivity contribution is 0.0424. The van der Waals surface area contributed by atoms with Crippen LogP contribution in [-0.2, 0) is 6.54 Å². The number of carbonyl (C=O) groups is 1. The molecule has 0 bridgehead atoms. The van der Waals surface area contributed by atoms with E-state index in [1.807, 2.05) is 18.3 Å². The number of piperazine rings is 1. The summed E-state index contributed by atoms with van der Waals surface area (Å²) < 4.78 is 26.1. The van der Waals surface area contributed by atoms with Crippen LogP contribution < -0.4 is 0 Å². The molecule has 1 aliphatic heterocycles. The highest BCUT2D eigenvalue weighted by atomic mass is 19.3. The molecule has 8 heteroatoms. The molecule has 0 aromatic carbocycles. The molecule has 3 heterocycles. The second-order valence-electron chi connectivity index (χ2n) is 5.37. The number of aromatic nitrogens is 3. The van der Waals surface area contributed by atoms with Crippen molar-refractivity contribution in [1.29, 1.82) is 0 Å². The Morgan fingerprint density at radius 1 is 1.17 bits per heavy atom. The third-order valence-electron chi connectivity index (χ3n) is 3.86. The molecule has 0 saturated carbocycles. The first kappa shape index (κ1) is 15.5. The van der Waals surface area contributed by atoms with Gasteiger partial charge in [-0.15, -0.1) is 0 Å². The van der Waals surface area contributed by atoms with Crippen LogP contribution in [0.1, 0.15) is 22.6 Å². The van der Waals surface area contributed by atoms with E-state index in [1.54, 1.807) is 11.1 Å². The van der Waals surface area contributed by atoms with Crippen molar-refractivity contribution in [1.82, 2.24) is 24.6 Å². The molecule has 0 N–H and O–H groups in total. The van der Waals surface area contributed by atoms with E-state index in [1.165, 1.54) is 12.3 Å². The fraction of sp³-hybridized carbons (Fsp3) is 0.400. The molecular weight excluding hydrogens is 304 g/mol. The van der Waals surface area contributed by atoms with Crippen LogP contribution in [0.15, 0.2) is 36.8 Å². The van der Waals surface area contributed by atoms with Crippen LogP contribution >= 0.6 is 0 Å². The first-order valence-electron chi connectivity index (χ1n) is 7.37. The van der Waals surface area contributed by atoms with Gasteiger partial charge in [0.1, 0.15) is 5.69 Å². The molecule has 0 unspecified atom stereocenters. The largest absolute Gasteiger partial charge is 0.335 e. The van der Waals surface area contributed by atoms with E-state index in [2.05, 4.69) is 15.0 Å². The second kappa shape index (κ2) is 6.82. The molecule has 2 aromatic heterocycles. The van der Waals surface area contributed by atoms with Gasteiger partial charge in [-0.25, -0.2) is 0 Å². The number of amides is 1. The zero-order valence-corrected chi connectivity index (χ0v) is 12.5. The molecule has 1 saturated heterocycles. The highest BCUT2D eigenvalue weighted by Crippen LogP contribution is 2.15. The molecule has 3 rings (SSSR count). The first-order chi connectivity index (χ1) is 11.1. The quantitative estimate of drug-likeness (QED) is 0.859. The summed E-state index contributed by atoms with van der Waals surface area (Å²) in [5.41, 5.74) is 1.05.